The third-order valence-electron chi connectivity index (χ3n) is 2.96. The molecule has 1 rings (SSSR count). The van der Waals surface area contributed by atoms with Crippen LogP contribution in [0.4, 0.5) is 0 Å². The van der Waals surface area contributed by atoms with Crippen molar-refractivity contribution in [3.05, 3.63) is 12.3 Å². The highest BCUT2D eigenvalue weighted by Crippen LogP contribution is 2.44. The topological polar surface area (TPSA) is 52.6 Å². The molecule has 0 amide bonds. The maximum absolute atomic E-state index is 11.5. The molecule has 1 unspecified atom stereocenters. The summed E-state index contributed by atoms with van der Waals surface area (Å²) >= 11 is 0. The first-order chi connectivity index (χ1) is 6.89. The van der Waals surface area contributed by atoms with Crippen LogP contribution in [0.5, 0.6) is 0 Å². The van der Waals surface area contributed by atoms with Crippen molar-refractivity contribution in [2.24, 2.45) is 11.3 Å². The van der Waals surface area contributed by atoms with Gasteiger partial charge in [-0.05, 0) is 6.42 Å². The molecule has 0 aromatic carbocycles. The van der Waals surface area contributed by atoms with Crippen molar-refractivity contribution in [2.45, 2.75) is 26.7 Å². The second kappa shape index (κ2) is 4.04. The smallest absolute Gasteiger partial charge is 0.315 e. The summed E-state index contributed by atoms with van der Waals surface area (Å²) in [6, 6.07) is 0. The van der Waals surface area contributed by atoms with E-state index in [-0.39, 0.29) is 24.3 Å². The first-order valence-corrected chi connectivity index (χ1v) is 4.87. The molecule has 4 heteroatoms. The van der Waals surface area contributed by atoms with Gasteiger partial charge in [0.25, 0.3) is 0 Å². The number of esters is 2. The number of carbonyl (C=O) groups excluding carboxylic acids is 2. The third kappa shape index (κ3) is 2.19. The largest absolute Gasteiger partial charge is 0.469 e. The molecule has 0 N–H and O–H groups in total. The molecule has 4 nitrogen and oxygen atoms in total. The molecule has 0 spiro atoms. The maximum atomic E-state index is 11.5. The van der Waals surface area contributed by atoms with E-state index in [0.717, 1.165) is 0 Å². The van der Waals surface area contributed by atoms with E-state index < -0.39 is 5.41 Å². The molecule has 0 aliphatic carbocycles. The summed E-state index contributed by atoms with van der Waals surface area (Å²) in [6.07, 6.45) is 0.671. The van der Waals surface area contributed by atoms with Gasteiger partial charge in [0.15, 0.2) is 0 Å². The van der Waals surface area contributed by atoms with Gasteiger partial charge in [-0.25, -0.2) is 0 Å². The third-order valence-corrected chi connectivity index (χ3v) is 2.96. The number of ether oxygens (including phenoxy) is 2. The van der Waals surface area contributed by atoms with E-state index >= 15 is 0 Å². The van der Waals surface area contributed by atoms with Crippen molar-refractivity contribution in [3.63, 3.8) is 0 Å². The highest BCUT2D eigenvalue weighted by atomic mass is 16.5. The molecule has 1 atom stereocenters. The van der Waals surface area contributed by atoms with Crippen molar-refractivity contribution in [1.82, 2.24) is 0 Å². The first-order valence-electron chi connectivity index (χ1n) is 4.87. The van der Waals surface area contributed by atoms with Gasteiger partial charge in [0.1, 0.15) is 5.76 Å². The lowest BCUT2D eigenvalue weighted by molar-refractivity contribution is -0.142. The zero-order valence-electron chi connectivity index (χ0n) is 9.33. The average Bonchev–Trinajstić information content (AvgIpc) is 2.34. The van der Waals surface area contributed by atoms with E-state index in [9.17, 15) is 9.59 Å². The molecule has 0 saturated carbocycles. The Labute approximate surface area is 89.2 Å². The number of allylic oxidation sites excluding steroid dienone is 1. The van der Waals surface area contributed by atoms with Crippen LogP contribution < -0.4 is 0 Å². The van der Waals surface area contributed by atoms with E-state index in [1.165, 1.54) is 7.11 Å². The lowest BCUT2D eigenvalue weighted by atomic mass is 9.77. The van der Waals surface area contributed by atoms with Crippen molar-refractivity contribution >= 4 is 11.9 Å². The summed E-state index contributed by atoms with van der Waals surface area (Å²) in [5.74, 6) is -0.434. The van der Waals surface area contributed by atoms with Gasteiger partial charge in [0.2, 0.25) is 0 Å². The molecule has 84 valence electrons. The van der Waals surface area contributed by atoms with Crippen LogP contribution in [-0.4, -0.2) is 19.0 Å². The second-order valence-corrected chi connectivity index (χ2v) is 4.23. The number of hydrogen-bond acceptors (Lipinski definition) is 4. The number of cyclic esters (lactones) is 1. The Balaban J connectivity index is 2.65. The molecule has 0 aromatic rings. The zero-order valence-corrected chi connectivity index (χ0v) is 9.33. The van der Waals surface area contributed by atoms with Gasteiger partial charge >= 0.3 is 11.9 Å². The van der Waals surface area contributed by atoms with Gasteiger partial charge in [-0.3, -0.25) is 9.59 Å². The lowest BCUT2D eigenvalue weighted by Gasteiger charge is -2.21. The lowest BCUT2D eigenvalue weighted by Crippen LogP contribution is -2.24. The van der Waals surface area contributed by atoms with Gasteiger partial charge in [0.05, 0.1) is 13.0 Å². The fourth-order valence-corrected chi connectivity index (χ4v) is 1.66. The normalized spacial score (nSPS) is 23.8. The SMILES string of the molecule is C=C1OC(=O)C(CCC(=O)OC)C1(C)C. The summed E-state index contributed by atoms with van der Waals surface area (Å²) in [7, 11) is 1.33. The van der Waals surface area contributed by atoms with Crippen LogP contribution in [0.15, 0.2) is 12.3 Å². The van der Waals surface area contributed by atoms with E-state index in [1.807, 2.05) is 13.8 Å². The van der Waals surface area contributed by atoms with E-state index in [4.69, 9.17) is 4.74 Å². The fraction of sp³-hybridized carbons (Fsp3) is 0.636. The molecule has 0 radical (unpaired) electrons. The van der Waals surface area contributed by atoms with E-state index in [1.54, 1.807) is 0 Å². The molecule has 1 aliphatic rings. The summed E-state index contributed by atoms with van der Waals surface area (Å²) in [5, 5.41) is 0. The quantitative estimate of drug-likeness (QED) is 0.667. The molecule has 1 heterocycles. The Bertz CT molecular complexity index is 304. The van der Waals surface area contributed by atoms with Gasteiger partial charge in [-0.1, -0.05) is 20.4 Å². The minimum Gasteiger partial charge on any atom is -0.469 e. The monoisotopic (exact) mass is 212 g/mol. The Hall–Kier alpha value is -1.32. The number of rotatable bonds is 3. The van der Waals surface area contributed by atoms with E-state index in [0.29, 0.717) is 12.2 Å². The highest BCUT2D eigenvalue weighted by Gasteiger charge is 2.46. The molecular formula is C11H16O4. The van der Waals surface area contributed by atoms with Gasteiger partial charge < -0.3 is 9.47 Å². The molecule has 1 aliphatic heterocycles. The zero-order chi connectivity index (χ0) is 11.6. The molecule has 0 bridgehead atoms. The van der Waals surface area contributed by atoms with Gasteiger partial charge in [-0.15, -0.1) is 0 Å². The Morgan fingerprint density at radius 2 is 2.20 bits per heavy atom. The maximum Gasteiger partial charge on any atom is 0.315 e. The minimum atomic E-state index is -0.398. The van der Waals surface area contributed by atoms with Crippen LogP contribution in [0, 0.1) is 11.3 Å². The van der Waals surface area contributed by atoms with Crippen LogP contribution in [0.2, 0.25) is 0 Å². The second-order valence-electron chi connectivity index (χ2n) is 4.23. The number of hydrogen-bond donors (Lipinski definition) is 0. The van der Waals surface area contributed by atoms with Crippen LogP contribution in [0.25, 0.3) is 0 Å². The Morgan fingerprint density at radius 1 is 1.60 bits per heavy atom. The first kappa shape index (κ1) is 11.8. The standard InChI is InChI=1S/C11H16O4/c1-7-11(2,3)8(10(13)15-7)5-6-9(12)14-4/h8H,1,5-6H2,2-4H3. The minimum absolute atomic E-state index is 0.229. The van der Waals surface area contributed by atoms with Gasteiger partial charge in [0, 0.05) is 11.8 Å². The van der Waals surface area contributed by atoms with Crippen molar-refractivity contribution in [3.8, 4) is 0 Å². The Morgan fingerprint density at radius 3 is 2.60 bits per heavy atom. The predicted octanol–water partition coefficient (Wildman–Crippen LogP) is 1.65. The van der Waals surface area contributed by atoms with Crippen LogP contribution in [0.3, 0.4) is 0 Å². The molecular weight excluding hydrogens is 196 g/mol. The fourth-order valence-electron chi connectivity index (χ4n) is 1.66. The molecule has 15 heavy (non-hydrogen) atoms. The summed E-state index contributed by atoms with van der Waals surface area (Å²) in [4.78, 5) is 22.4. The molecule has 1 saturated heterocycles. The van der Waals surface area contributed by atoms with Crippen LogP contribution in [-0.2, 0) is 19.1 Å². The highest BCUT2D eigenvalue weighted by molar-refractivity contribution is 5.79. The average molecular weight is 212 g/mol. The summed E-state index contributed by atoms with van der Waals surface area (Å²) < 4.78 is 9.50. The van der Waals surface area contributed by atoms with Crippen molar-refractivity contribution < 1.29 is 19.1 Å². The molecule has 0 aromatic heterocycles. The van der Waals surface area contributed by atoms with Crippen LogP contribution >= 0.6 is 0 Å². The van der Waals surface area contributed by atoms with Crippen LogP contribution in [0.1, 0.15) is 26.7 Å². The molecule has 1 fully saturated rings. The van der Waals surface area contributed by atoms with Crippen molar-refractivity contribution in [1.29, 1.82) is 0 Å². The van der Waals surface area contributed by atoms with Crippen molar-refractivity contribution in [2.75, 3.05) is 7.11 Å². The summed E-state index contributed by atoms with van der Waals surface area (Å²) in [5.41, 5.74) is -0.398. The van der Waals surface area contributed by atoms with E-state index in [2.05, 4.69) is 11.3 Å². The predicted molar refractivity (Wildman–Crippen MR) is 53.8 cm³/mol. The number of methoxy groups -OCH3 is 1. The number of carbonyl (C=O) groups is 2. The Kier molecular flexibility index (Phi) is 3.17. The van der Waals surface area contributed by atoms with Gasteiger partial charge in [-0.2, -0.15) is 0 Å². The summed E-state index contributed by atoms with van der Waals surface area (Å²) in [6.45, 7) is 7.48.